The van der Waals surface area contributed by atoms with Crippen LogP contribution < -0.4 is 0 Å². The first-order valence-electron chi connectivity index (χ1n) is 3.53. The Morgan fingerprint density at radius 2 is 2.00 bits per heavy atom. The molecule has 9 heteroatoms. The van der Waals surface area contributed by atoms with Crippen LogP contribution in [-0.2, 0) is 6.18 Å². The van der Waals surface area contributed by atoms with Gasteiger partial charge in [0.15, 0.2) is 10.8 Å². The number of rotatable bonds is 0. The molecule has 0 N–H and O–H groups in total. The summed E-state index contributed by atoms with van der Waals surface area (Å²) in [5.74, 6) is -1.25. The molecule has 0 radical (unpaired) electrons. The summed E-state index contributed by atoms with van der Waals surface area (Å²) in [7, 11) is 0. The number of halogens is 5. The Morgan fingerprint density at radius 1 is 1.33 bits per heavy atom. The van der Waals surface area contributed by atoms with Gasteiger partial charge in [-0.1, -0.05) is 11.6 Å². The van der Waals surface area contributed by atoms with E-state index in [1.54, 1.807) is 0 Å². The van der Waals surface area contributed by atoms with E-state index in [1.807, 2.05) is 0 Å². The van der Waals surface area contributed by atoms with Crippen LogP contribution in [0.3, 0.4) is 0 Å². The van der Waals surface area contributed by atoms with Crippen molar-refractivity contribution in [3.05, 3.63) is 21.8 Å². The zero-order chi connectivity index (χ0) is 11.2. The molecule has 15 heavy (non-hydrogen) atoms. The van der Waals surface area contributed by atoms with Crippen molar-refractivity contribution in [1.29, 1.82) is 0 Å². The lowest BCUT2D eigenvalue weighted by Gasteiger charge is -1.96. The Bertz CT molecular complexity index is 523. The van der Waals surface area contributed by atoms with Gasteiger partial charge in [0.2, 0.25) is 0 Å². The monoisotopic (exact) mass is 300 g/mol. The third-order valence-corrected chi connectivity index (χ3v) is 2.14. The van der Waals surface area contributed by atoms with E-state index < -0.39 is 12.0 Å². The smallest absolute Gasteiger partial charge is 0.224 e. The van der Waals surface area contributed by atoms with E-state index in [1.165, 1.54) is 6.20 Å². The Kier molecular flexibility index (Phi) is 2.34. The van der Waals surface area contributed by atoms with Gasteiger partial charge >= 0.3 is 6.18 Å². The van der Waals surface area contributed by atoms with E-state index in [9.17, 15) is 13.2 Å². The first kappa shape index (κ1) is 10.6. The lowest BCUT2D eigenvalue weighted by Crippen LogP contribution is -2.07. The highest BCUT2D eigenvalue weighted by Gasteiger charge is 2.36. The number of aromatic nitrogens is 4. The van der Waals surface area contributed by atoms with Gasteiger partial charge in [-0.2, -0.15) is 13.2 Å². The highest BCUT2D eigenvalue weighted by atomic mass is 79.9. The zero-order valence-electron chi connectivity index (χ0n) is 6.76. The topological polar surface area (TPSA) is 43.1 Å². The second-order valence-corrected chi connectivity index (χ2v) is 3.73. The third kappa shape index (κ3) is 1.91. The first-order chi connectivity index (χ1) is 6.88. The van der Waals surface area contributed by atoms with Crippen LogP contribution >= 0.6 is 27.5 Å². The van der Waals surface area contributed by atoms with Gasteiger partial charge < -0.3 is 0 Å². The van der Waals surface area contributed by atoms with E-state index >= 15 is 0 Å². The molecule has 0 aliphatic carbocycles. The number of hydrogen-bond donors (Lipinski definition) is 0. The molecule has 4 nitrogen and oxygen atoms in total. The van der Waals surface area contributed by atoms with E-state index in [-0.39, 0.29) is 15.4 Å². The summed E-state index contributed by atoms with van der Waals surface area (Å²) in [6, 6.07) is 0. The molecular weight excluding hydrogens is 300 g/mol. The fourth-order valence-electron chi connectivity index (χ4n) is 0.948. The Balaban J connectivity index is 2.71. The maximum Gasteiger partial charge on any atom is 0.453 e. The quantitative estimate of drug-likeness (QED) is 0.751. The van der Waals surface area contributed by atoms with Gasteiger partial charge in [-0.25, -0.2) is 14.5 Å². The molecule has 0 aliphatic rings. The van der Waals surface area contributed by atoms with E-state index in [2.05, 4.69) is 31.0 Å². The molecule has 0 saturated carbocycles. The highest BCUT2D eigenvalue weighted by Crippen LogP contribution is 2.27. The maximum absolute atomic E-state index is 12.2. The summed E-state index contributed by atoms with van der Waals surface area (Å²) in [6.07, 6.45) is -3.36. The summed E-state index contributed by atoms with van der Waals surface area (Å²) in [4.78, 5) is 6.92. The normalized spacial score (nSPS) is 12.3. The lowest BCUT2D eigenvalue weighted by molar-refractivity contribution is -0.144. The molecule has 2 aromatic heterocycles. The Hall–Kier alpha value is -0.890. The van der Waals surface area contributed by atoms with Crippen LogP contribution in [0.15, 0.2) is 10.8 Å². The van der Waals surface area contributed by atoms with E-state index in [4.69, 9.17) is 11.6 Å². The summed E-state index contributed by atoms with van der Waals surface area (Å²) in [5, 5.41) is 3.09. The molecular formula is C6HBrClF3N4. The second-order valence-electron chi connectivity index (χ2n) is 2.56. The van der Waals surface area contributed by atoms with Gasteiger partial charge in [-0.3, -0.25) is 0 Å². The molecule has 0 atom stereocenters. The zero-order valence-corrected chi connectivity index (χ0v) is 9.10. The Labute approximate surface area is 94.2 Å². The molecule has 0 amide bonds. The van der Waals surface area contributed by atoms with Crippen molar-refractivity contribution in [2.24, 2.45) is 0 Å². The van der Waals surface area contributed by atoms with Crippen LogP contribution in [0.1, 0.15) is 5.82 Å². The molecule has 2 aromatic rings. The molecule has 0 aliphatic heterocycles. The number of hydrogen-bond acceptors (Lipinski definition) is 3. The van der Waals surface area contributed by atoms with Crippen molar-refractivity contribution in [2.75, 3.05) is 0 Å². The fraction of sp³-hybridized carbons (Fsp3) is 0.167. The van der Waals surface area contributed by atoms with Gasteiger partial charge in [-0.05, 0) is 15.9 Å². The molecule has 0 spiro atoms. The van der Waals surface area contributed by atoms with Gasteiger partial charge in [0.1, 0.15) is 4.60 Å². The average molecular weight is 301 g/mol. The molecule has 0 aromatic carbocycles. The largest absolute Gasteiger partial charge is 0.453 e. The maximum atomic E-state index is 12.2. The number of fused-ring (bicyclic) bond motifs is 1. The van der Waals surface area contributed by atoms with Crippen molar-refractivity contribution >= 4 is 33.2 Å². The SMILES string of the molecule is FC(F)(F)c1nc2c(Cl)nc(Br)cn2n1. The highest BCUT2D eigenvalue weighted by molar-refractivity contribution is 9.10. The van der Waals surface area contributed by atoms with Crippen LogP contribution in [0.4, 0.5) is 13.2 Å². The van der Waals surface area contributed by atoms with Crippen molar-refractivity contribution in [3.63, 3.8) is 0 Å². The summed E-state index contributed by atoms with van der Waals surface area (Å²) >= 11 is 8.57. The van der Waals surface area contributed by atoms with Crippen LogP contribution in [0.2, 0.25) is 5.15 Å². The first-order valence-corrected chi connectivity index (χ1v) is 4.70. The van der Waals surface area contributed by atoms with Crippen molar-refractivity contribution < 1.29 is 13.2 Å². The van der Waals surface area contributed by atoms with Crippen molar-refractivity contribution in [3.8, 4) is 0 Å². The average Bonchev–Trinajstić information content (AvgIpc) is 2.46. The number of nitrogens with zero attached hydrogens (tertiary/aromatic N) is 4. The van der Waals surface area contributed by atoms with Gasteiger partial charge in [0, 0.05) is 0 Å². The minimum atomic E-state index is -4.60. The molecule has 2 heterocycles. The molecule has 2 rings (SSSR count). The molecule has 0 unspecified atom stereocenters. The van der Waals surface area contributed by atoms with E-state index in [0.29, 0.717) is 0 Å². The van der Waals surface area contributed by atoms with Crippen LogP contribution in [0, 0.1) is 0 Å². The van der Waals surface area contributed by atoms with Crippen molar-refractivity contribution in [1.82, 2.24) is 19.6 Å². The third-order valence-electron chi connectivity index (χ3n) is 1.50. The second kappa shape index (κ2) is 3.31. The van der Waals surface area contributed by atoms with Crippen LogP contribution in [0.5, 0.6) is 0 Å². The molecule has 0 saturated heterocycles. The standard InChI is InChI=1S/C6HBrClF3N4/c7-2-1-15-4(3(8)12-2)13-5(14-15)6(9,10)11/h1H. The summed E-state index contributed by atoms with van der Waals surface area (Å²) in [6.45, 7) is 0. The minimum Gasteiger partial charge on any atom is -0.224 e. The predicted octanol–water partition coefficient (Wildman–Crippen LogP) is 2.56. The predicted molar refractivity (Wildman–Crippen MR) is 48.5 cm³/mol. The molecule has 0 bridgehead atoms. The van der Waals surface area contributed by atoms with Gasteiger partial charge in [0.05, 0.1) is 6.20 Å². The van der Waals surface area contributed by atoms with Gasteiger partial charge in [-0.15, -0.1) is 5.10 Å². The van der Waals surface area contributed by atoms with Gasteiger partial charge in [0.25, 0.3) is 5.82 Å². The minimum absolute atomic E-state index is 0.132. The Morgan fingerprint density at radius 3 is 2.60 bits per heavy atom. The van der Waals surface area contributed by atoms with Crippen LogP contribution in [0.25, 0.3) is 5.65 Å². The fourth-order valence-corrected chi connectivity index (χ4v) is 1.64. The summed E-state index contributed by atoms with van der Waals surface area (Å²) in [5.41, 5.74) is -0.132. The van der Waals surface area contributed by atoms with E-state index in [0.717, 1.165) is 4.52 Å². The lowest BCUT2D eigenvalue weighted by atomic mass is 10.6. The van der Waals surface area contributed by atoms with Crippen molar-refractivity contribution in [2.45, 2.75) is 6.18 Å². The van der Waals surface area contributed by atoms with Crippen LogP contribution in [-0.4, -0.2) is 19.6 Å². The molecule has 0 fully saturated rings. The number of alkyl halides is 3. The molecule has 80 valence electrons. The summed E-state index contributed by atoms with van der Waals surface area (Å²) < 4.78 is 37.9.